The van der Waals surface area contributed by atoms with Gasteiger partial charge in [-0.15, -0.1) is 0 Å². The summed E-state index contributed by atoms with van der Waals surface area (Å²) in [6, 6.07) is 5.12. The molecule has 0 spiro atoms. The molecule has 0 aliphatic heterocycles. The van der Waals surface area contributed by atoms with E-state index in [-0.39, 0.29) is 23.0 Å². The van der Waals surface area contributed by atoms with Gasteiger partial charge in [0.25, 0.3) is 0 Å². The summed E-state index contributed by atoms with van der Waals surface area (Å²) in [6.45, 7) is 7.82. The van der Waals surface area contributed by atoms with Crippen LogP contribution in [0.5, 0.6) is 0 Å². The van der Waals surface area contributed by atoms with Gasteiger partial charge >= 0.3 is 0 Å². The molecule has 0 aromatic heterocycles. The molecule has 0 saturated carbocycles. The zero-order valence-electron chi connectivity index (χ0n) is 12.6. The van der Waals surface area contributed by atoms with Gasteiger partial charge in [0.15, 0.2) is 0 Å². The second-order valence-corrected chi connectivity index (χ2v) is 5.26. The van der Waals surface area contributed by atoms with Crippen LogP contribution in [0.25, 0.3) is 0 Å². The van der Waals surface area contributed by atoms with E-state index in [2.05, 4.69) is 19.2 Å². The lowest BCUT2D eigenvalue weighted by Gasteiger charge is -2.27. The third-order valence-corrected chi connectivity index (χ3v) is 3.78. The average Bonchev–Trinajstić information content (AvgIpc) is 2.45. The van der Waals surface area contributed by atoms with Crippen molar-refractivity contribution in [3.8, 4) is 0 Å². The van der Waals surface area contributed by atoms with Crippen LogP contribution in [0, 0.1) is 5.82 Å². The molecule has 0 heterocycles. The van der Waals surface area contributed by atoms with Gasteiger partial charge in [-0.2, -0.15) is 0 Å². The summed E-state index contributed by atoms with van der Waals surface area (Å²) in [7, 11) is 0. The Hall–Kier alpha value is -0.640. The molecular formula is C16H25ClFNO. The average molecular weight is 302 g/mol. The highest BCUT2D eigenvalue weighted by Crippen LogP contribution is 2.22. The maximum Gasteiger partial charge on any atom is 0.142 e. The summed E-state index contributed by atoms with van der Waals surface area (Å²) < 4.78 is 19.3. The van der Waals surface area contributed by atoms with Gasteiger partial charge in [0.05, 0.1) is 11.1 Å². The number of hydrogen-bond donors (Lipinski definition) is 1. The zero-order chi connectivity index (χ0) is 15.0. The van der Waals surface area contributed by atoms with Crippen LogP contribution in [-0.4, -0.2) is 25.3 Å². The molecule has 0 saturated heterocycles. The molecule has 1 rings (SSSR count). The third kappa shape index (κ3) is 5.04. The van der Waals surface area contributed by atoms with Crippen LogP contribution < -0.4 is 5.32 Å². The lowest BCUT2D eigenvalue weighted by molar-refractivity contribution is 0.0319. The molecule has 4 heteroatoms. The van der Waals surface area contributed by atoms with Crippen molar-refractivity contribution in [1.29, 1.82) is 0 Å². The molecule has 0 aliphatic carbocycles. The van der Waals surface area contributed by atoms with Crippen LogP contribution >= 0.6 is 11.6 Å². The van der Waals surface area contributed by atoms with Crippen LogP contribution in [0.3, 0.4) is 0 Å². The Morgan fingerprint density at radius 1 is 1.30 bits per heavy atom. The summed E-state index contributed by atoms with van der Waals surface area (Å²) >= 11 is 6.05. The van der Waals surface area contributed by atoms with Crippen LogP contribution in [0.15, 0.2) is 18.2 Å². The molecule has 2 atom stereocenters. The van der Waals surface area contributed by atoms with Crippen LogP contribution in [0.1, 0.15) is 39.2 Å². The van der Waals surface area contributed by atoms with E-state index in [4.69, 9.17) is 16.3 Å². The molecule has 114 valence electrons. The molecule has 1 aromatic rings. The molecule has 0 aliphatic rings. The van der Waals surface area contributed by atoms with Crippen molar-refractivity contribution in [2.45, 2.75) is 52.2 Å². The highest BCUT2D eigenvalue weighted by molar-refractivity contribution is 6.31. The topological polar surface area (TPSA) is 21.3 Å². The van der Waals surface area contributed by atoms with E-state index in [0.717, 1.165) is 24.9 Å². The molecule has 2 unspecified atom stereocenters. The number of rotatable bonds is 9. The molecule has 2 nitrogen and oxygen atoms in total. The van der Waals surface area contributed by atoms with Gasteiger partial charge in [0, 0.05) is 12.6 Å². The van der Waals surface area contributed by atoms with Gasteiger partial charge in [0.2, 0.25) is 0 Å². The smallest absolute Gasteiger partial charge is 0.142 e. The van der Waals surface area contributed by atoms with Gasteiger partial charge in [-0.25, -0.2) is 4.39 Å². The predicted octanol–water partition coefficient (Wildman–Crippen LogP) is 4.20. The Morgan fingerprint density at radius 3 is 2.65 bits per heavy atom. The Labute approximate surface area is 126 Å². The molecule has 0 amide bonds. The van der Waals surface area contributed by atoms with Crippen molar-refractivity contribution in [3.63, 3.8) is 0 Å². The van der Waals surface area contributed by atoms with Crippen molar-refractivity contribution in [3.05, 3.63) is 34.6 Å². The minimum Gasteiger partial charge on any atom is -0.377 e. The van der Waals surface area contributed by atoms with Gasteiger partial charge in [0.1, 0.15) is 5.82 Å². The third-order valence-electron chi connectivity index (χ3n) is 3.36. The quantitative estimate of drug-likeness (QED) is 0.738. The van der Waals surface area contributed by atoms with E-state index in [1.54, 1.807) is 6.07 Å². The van der Waals surface area contributed by atoms with Gasteiger partial charge < -0.3 is 10.1 Å². The second-order valence-electron chi connectivity index (χ2n) is 4.88. The van der Waals surface area contributed by atoms with Crippen LogP contribution in [0.2, 0.25) is 5.02 Å². The number of halogens is 2. The SMILES string of the molecule is CCCNC(Cc1cccc(F)c1Cl)C(CC)OCC. The first kappa shape index (κ1) is 17.4. The number of ether oxygens (including phenoxy) is 1. The monoisotopic (exact) mass is 301 g/mol. The normalized spacial score (nSPS) is 14.2. The van der Waals surface area contributed by atoms with E-state index in [0.29, 0.717) is 13.0 Å². The maximum atomic E-state index is 13.5. The van der Waals surface area contributed by atoms with Crippen molar-refractivity contribution in [2.24, 2.45) is 0 Å². The van der Waals surface area contributed by atoms with Crippen molar-refractivity contribution < 1.29 is 9.13 Å². The molecule has 0 radical (unpaired) electrons. The summed E-state index contributed by atoms with van der Waals surface area (Å²) in [6.07, 6.45) is 2.76. The summed E-state index contributed by atoms with van der Waals surface area (Å²) in [4.78, 5) is 0. The van der Waals surface area contributed by atoms with Crippen molar-refractivity contribution in [2.75, 3.05) is 13.2 Å². The van der Waals surface area contributed by atoms with E-state index in [9.17, 15) is 4.39 Å². The van der Waals surface area contributed by atoms with Gasteiger partial charge in [-0.3, -0.25) is 0 Å². The second kappa shape index (κ2) is 9.32. The Morgan fingerprint density at radius 2 is 2.05 bits per heavy atom. The van der Waals surface area contributed by atoms with Crippen LogP contribution in [-0.2, 0) is 11.2 Å². The minimum atomic E-state index is -0.358. The highest BCUT2D eigenvalue weighted by Gasteiger charge is 2.21. The Bertz CT molecular complexity index is 400. The molecule has 0 fully saturated rings. The van der Waals surface area contributed by atoms with E-state index >= 15 is 0 Å². The number of nitrogens with one attached hydrogen (secondary N) is 1. The summed E-state index contributed by atoms with van der Waals surface area (Å²) in [5.74, 6) is -0.358. The Balaban J connectivity index is 2.84. The number of benzene rings is 1. The summed E-state index contributed by atoms with van der Waals surface area (Å²) in [5.41, 5.74) is 0.832. The van der Waals surface area contributed by atoms with E-state index in [1.165, 1.54) is 6.07 Å². The highest BCUT2D eigenvalue weighted by atomic mass is 35.5. The number of hydrogen-bond acceptors (Lipinski definition) is 2. The molecule has 0 bridgehead atoms. The fourth-order valence-electron chi connectivity index (χ4n) is 2.34. The fourth-order valence-corrected chi connectivity index (χ4v) is 2.54. The largest absolute Gasteiger partial charge is 0.377 e. The van der Waals surface area contributed by atoms with Gasteiger partial charge in [-0.05, 0) is 44.4 Å². The molecule has 20 heavy (non-hydrogen) atoms. The standard InChI is InChI=1S/C16H25ClFNO/c1-4-10-19-14(15(5-2)20-6-3)11-12-8-7-9-13(18)16(12)17/h7-9,14-15,19H,4-6,10-11H2,1-3H3. The van der Waals surface area contributed by atoms with Crippen molar-refractivity contribution >= 4 is 11.6 Å². The lowest BCUT2D eigenvalue weighted by Crippen LogP contribution is -2.43. The fraction of sp³-hybridized carbons (Fsp3) is 0.625. The van der Waals surface area contributed by atoms with Gasteiger partial charge in [-0.1, -0.05) is 37.6 Å². The van der Waals surface area contributed by atoms with E-state index in [1.807, 2.05) is 13.0 Å². The van der Waals surface area contributed by atoms with Crippen LogP contribution in [0.4, 0.5) is 4.39 Å². The first-order valence-corrected chi connectivity index (χ1v) is 7.79. The predicted molar refractivity (Wildman–Crippen MR) is 82.9 cm³/mol. The molecular weight excluding hydrogens is 277 g/mol. The maximum absolute atomic E-state index is 13.5. The first-order valence-electron chi connectivity index (χ1n) is 7.41. The zero-order valence-corrected chi connectivity index (χ0v) is 13.3. The van der Waals surface area contributed by atoms with Crippen molar-refractivity contribution in [1.82, 2.24) is 5.32 Å². The minimum absolute atomic E-state index is 0.117. The molecule has 1 N–H and O–H groups in total. The lowest BCUT2D eigenvalue weighted by atomic mass is 9.99. The van der Waals surface area contributed by atoms with E-state index < -0.39 is 0 Å². The molecule has 1 aromatic carbocycles. The summed E-state index contributed by atoms with van der Waals surface area (Å²) in [5, 5.41) is 3.72. The first-order chi connectivity index (χ1) is 9.63. The Kier molecular flexibility index (Phi) is 8.12.